The lowest BCUT2D eigenvalue weighted by Crippen LogP contribution is -2.14. The number of hydrogen-bond acceptors (Lipinski definition) is 7. The minimum atomic E-state index is -0.278. The van der Waals surface area contributed by atoms with Gasteiger partial charge in [-0.25, -0.2) is 0 Å². The molecular formula is C21H19N5O2S. The molecule has 4 rings (SSSR count). The molecule has 146 valence electrons. The summed E-state index contributed by atoms with van der Waals surface area (Å²) in [7, 11) is 0. The number of aromatic nitrogens is 3. The van der Waals surface area contributed by atoms with E-state index in [0.717, 1.165) is 16.3 Å². The van der Waals surface area contributed by atoms with Gasteiger partial charge in [-0.3, -0.25) is 15.1 Å². The summed E-state index contributed by atoms with van der Waals surface area (Å²) in [5, 5.41) is 17.0. The first kappa shape index (κ1) is 18.8. The second-order valence-corrected chi connectivity index (χ2v) is 7.15. The third kappa shape index (κ3) is 4.33. The lowest BCUT2D eigenvalue weighted by molar-refractivity contribution is 0.102. The first-order valence-electron chi connectivity index (χ1n) is 9.17. The maximum Gasteiger partial charge on any atom is 0.261 e. The highest BCUT2D eigenvalue weighted by atomic mass is 32.1. The number of nitrogens with zero attached hydrogens (tertiary/aromatic N) is 3. The Kier molecular flexibility index (Phi) is 5.62. The number of carbonyl (C=O) groups is 1. The van der Waals surface area contributed by atoms with Crippen LogP contribution in [0.3, 0.4) is 0 Å². The van der Waals surface area contributed by atoms with E-state index in [-0.39, 0.29) is 5.91 Å². The van der Waals surface area contributed by atoms with Crippen LogP contribution >= 0.6 is 11.3 Å². The van der Waals surface area contributed by atoms with E-state index >= 15 is 0 Å². The summed E-state index contributed by atoms with van der Waals surface area (Å²) < 4.78 is 5.68. The second kappa shape index (κ2) is 8.66. The molecule has 0 saturated carbocycles. The number of rotatable bonds is 7. The molecule has 0 aliphatic carbocycles. The lowest BCUT2D eigenvalue weighted by Gasteiger charge is -2.12. The highest BCUT2D eigenvalue weighted by Crippen LogP contribution is 2.30. The number of carbonyl (C=O) groups excluding carboxylic acids is 1. The normalized spacial score (nSPS) is 10.7. The van der Waals surface area contributed by atoms with Gasteiger partial charge in [0.15, 0.2) is 0 Å². The van der Waals surface area contributed by atoms with E-state index in [0.29, 0.717) is 34.7 Å². The fourth-order valence-electron chi connectivity index (χ4n) is 2.95. The third-order valence-electron chi connectivity index (χ3n) is 4.23. The predicted octanol–water partition coefficient (Wildman–Crippen LogP) is 4.35. The fourth-order valence-corrected chi connectivity index (χ4v) is 3.58. The highest BCUT2D eigenvalue weighted by molar-refractivity contribution is 7.19. The van der Waals surface area contributed by atoms with Gasteiger partial charge < -0.3 is 10.1 Å². The van der Waals surface area contributed by atoms with Crippen LogP contribution in [-0.4, -0.2) is 27.7 Å². The van der Waals surface area contributed by atoms with Crippen molar-refractivity contribution in [1.82, 2.24) is 15.2 Å². The molecule has 4 aromatic rings. The summed E-state index contributed by atoms with van der Waals surface area (Å²) in [6, 6.07) is 15.3. The molecule has 1 amide bonds. The van der Waals surface area contributed by atoms with Crippen molar-refractivity contribution >= 4 is 38.3 Å². The van der Waals surface area contributed by atoms with Gasteiger partial charge in [-0.2, -0.15) is 0 Å². The highest BCUT2D eigenvalue weighted by Gasteiger charge is 2.18. The van der Waals surface area contributed by atoms with Crippen molar-refractivity contribution in [3.8, 4) is 5.75 Å². The van der Waals surface area contributed by atoms with Gasteiger partial charge in [-0.05, 0) is 35.4 Å². The Balaban J connectivity index is 1.52. The summed E-state index contributed by atoms with van der Waals surface area (Å²) >= 11 is 1.27. The maximum absolute atomic E-state index is 13.0. The molecular weight excluding hydrogens is 386 g/mol. The molecule has 0 aliphatic heterocycles. The maximum atomic E-state index is 13.0. The predicted molar refractivity (Wildman–Crippen MR) is 115 cm³/mol. The van der Waals surface area contributed by atoms with Crippen LogP contribution in [0.1, 0.15) is 22.8 Å². The number of benzene rings is 2. The number of ether oxygens (including phenoxy) is 1. The van der Waals surface area contributed by atoms with Crippen LogP contribution < -0.4 is 15.4 Å². The zero-order valence-electron chi connectivity index (χ0n) is 15.8. The molecule has 0 bridgehead atoms. The molecule has 7 nitrogen and oxygen atoms in total. The summed E-state index contributed by atoms with van der Waals surface area (Å²) in [6.45, 7) is 2.94. The van der Waals surface area contributed by atoms with E-state index in [1.165, 1.54) is 11.3 Å². The number of fused-ring (bicyclic) bond motifs is 1. The van der Waals surface area contributed by atoms with Gasteiger partial charge in [0.25, 0.3) is 5.91 Å². The molecule has 2 heterocycles. The quantitative estimate of drug-likeness (QED) is 0.475. The van der Waals surface area contributed by atoms with Crippen molar-refractivity contribution in [2.75, 3.05) is 17.2 Å². The van der Waals surface area contributed by atoms with Gasteiger partial charge in [-0.1, -0.05) is 47.7 Å². The topological polar surface area (TPSA) is 89.0 Å². The molecule has 0 atom stereocenters. The van der Waals surface area contributed by atoms with Crippen LogP contribution in [0, 0.1) is 0 Å². The molecule has 0 radical (unpaired) electrons. The van der Waals surface area contributed by atoms with E-state index < -0.39 is 0 Å². The Morgan fingerprint density at radius 3 is 2.76 bits per heavy atom. The average molecular weight is 405 g/mol. The molecule has 0 fully saturated rings. The van der Waals surface area contributed by atoms with Crippen LogP contribution in [0.2, 0.25) is 0 Å². The Morgan fingerprint density at radius 1 is 1.07 bits per heavy atom. The Labute approximate surface area is 171 Å². The second-order valence-electron chi connectivity index (χ2n) is 6.17. The summed E-state index contributed by atoms with van der Waals surface area (Å²) in [4.78, 5) is 17.1. The first-order valence-corrected chi connectivity index (χ1v) is 9.98. The molecule has 2 aromatic carbocycles. The molecule has 0 unspecified atom stereocenters. The monoisotopic (exact) mass is 405 g/mol. The van der Waals surface area contributed by atoms with E-state index in [1.54, 1.807) is 12.4 Å². The summed E-state index contributed by atoms with van der Waals surface area (Å²) in [6.07, 6.45) is 3.51. The zero-order valence-corrected chi connectivity index (χ0v) is 16.6. The van der Waals surface area contributed by atoms with Crippen LogP contribution in [0.4, 0.5) is 10.3 Å². The van der Waals surface area contributed by atoms with Crippen molar-refractivity contribution in [2.24, 2.45) is 0 Å². The zero-order chi connectivity index (χ0) is 20.1. The average Bonchev–Trinajstić information content (AvgIpc) is 3.20. The number of hydrogen-bond donors (Lipinski definition) is 2. The molecule has 0 aliphatic rings. The Morgan fingerprint density at radius 2 is 1.93 bits per heavy atom. The van der Waals surface area contributed by atoms with Gasteiger partial charge in [-0.15, -0.1) is 10.2 Å². The van der Waals surface area contributed by atoms with Crippen LogP contribution in [0.5, 0.6) is 5.75 Å². The SMILES string of the molecule is CCOc1ccc2ccccc2c1C(=O)Nc1nnc(NCc2cccnc2)s1. The van der Waals surface area contributed by atoms with E-state index in [2.05, 4.69) is 25.8 Å². The fraction of sp³-hybridized carbons (Fsp3) is 0.143. The first-order chi connectivity index (χ1) is 14.2. The van der Waals surface area contributed by atoms with Gasteiger partial charge in [0.05, 0.1) is 12.2 Å². The van der Waals surface area contributed by atoms with Crippen molar-refractivity contribution in [1.29, 1.82) is 0 Å². The molecule has 0 spiro atoms. The van der Waals surface area contributed by atoms with Crippen molar-refractivity contribution in [3.05, 3.63) is 72.1 Å². The van der Waals surface area contributed by atoms with E-state index in [4.69, 9.17) is 4.74 Å². The van der Waals surface area contributed by atoms with Crippen LogP contribution in [-0.2, 0) is 6.54 Å². The van der Waals surface area contributed by atoms with Gasteiger partial charge in [0.2, 0.25) is 10.3 Å². The lowest BCUT2D eigenvalue weighted by atomic mass is 10.0. The number of anilines is 2. The van der Waals surface area contributed by atoms with Crippen LogP contribution in [0.15, 0.2) is 60.9 Å². The number of nitrogens with one attached hydrogen (secondary N) is 2. The molecule has 2 aromatic heterocycles. The molecule has 0 saturated heterocycles. The molecule has 2 N–H and O–H groups in total. The van der Waals surface area contributed by atoms with E-state index in [9.17, 15) is 4.79 Å². The Hall–Kier alpha value is -3.52. The Bertz CT molecular complexity index is 1130. The number of amides is 1. The summed E-state index contributed by atoms with van der Waals surface area (Å²) in [5.41, 5.74) is 1.52. The standard InChI is InChI=1S/C21H19N5O2S/c1-2-28-17-10-9-15-7-3-4-8-16(15)18(17)19(27)24-21-26-25-20(29-21)23-13-14-6-5-11-22-12-14/h3-12H,2,13H2,1H3,(H,23,25)(H,24,26,27). The van der Waals surface area contributed by atoms with Crippen molar-refractivity contribution in [2.45, 2.75) is 13.5 Å². The smallest absolute Gasteiger partial charge is 0.261 e. The van der Waals surface area contributed by atoms with Crippen molar-refractivity contribution < 1.29 is 9.53 Å². The molecule has 29 heavy (non-hydrogen) atoms. The summed E-state index contributed by atoms with van der Waals surface area (Å²) in [5.74, 6) is 0.267. The third-order valence-corrected chi connectivity index (χ3v) is 5.03. The van der Waals surface area contributed by atoms with Gasteiger partial charge >= 0.3 is 0 Å². The van der Waals surface area contributed by atoms with E-state index in [1.807, 2.05) is 55.5 Å². The van der Waals surface area contributed by atoms with Crippen LogP contribution in [0.25, 0.3) is 10.8 Å². The van der Waals surface area contributed by atoms with Gasteiger partial charge in [0, 0.05) is 18.9 Å². The largest absolute Gasteiger partial charge is 0.493 e. The van der Waals surface area contributed by atoms with Crippen molar-refractivity contribution in [3.63, 3.8) is 0 Å². The van der Waals surface area contributed by atoms with Gasteiger partial charge in [0.1, 0.15) is 5.75 Å². The minimum Gasteiger partial charge on any atom is -0.493 e. The number of pyridine rings is 1. The minimum absolute atomic E-state index is 0.278. The molecule has 8 heteroatoms.